The van der Waals surface area contributed by atoms with Crippen LogP contribution in [0.2, 0.25) is 0 Å². The summed E-state index contributed by atoms with van der Waals surface area (Å²) in [6.07, 6.45) is 19.6. The highest BCUT2D eigenvalue weighted by molar-refractivity contribution is 5.88. The Kier molecular flexibility index (Phi) is 9.15. The van der Waals surface area contributed by atoms with E-state index in [-0.39, 0.29) is 0 Å². The van der Waals surface area contributed by atoms with Crippen LogP contribution < -0.4 is 0 Å². The number of fused-ring (bicyclic) bond motifs is 3. The van der Waals surface area contributed by atoms with Gasteiger partial charge in [-0.15, -0.1) is 0 Å². The van der Waals surface area contributed by atoms with E-state index in [9.17, 15) is 5.21 Å². The van der Waals surface area contributed by atoms with Gasteiger partial charge in [-0.05, 0) is 12.8 Å². The second kappa shape index (κ2) is 11.1. The molecule has 2 bridgehead atoms. The van der Waals surface area contributed by atoms with Crippen molar-refractivity contribution >= 4 is 5.71 Å². The summed E-state index contributed by atoms with van der Waals surface area (Å²) in [5.74, 6) is 0.594. The van der Waals surface area contributed by atoms with Crippen molar-refractivity contribution in [2.24, 2.45) is 11.1 Å². The monoisotopic (exact) mass is 337 g/mol. The molecule has 0 aromatic heterocycles. The molecule has 0 saturated carbocycles. The summed E-state index contributed by atoms with van der Waals surface area (Å²) in [5.41, 5.74) is 1.09. The Morgan fingerprint density at radius 1 is 0.833 bits per heavy atom. The van der Waals surface area contributed by atoms with Crippen LogP contribution in [0.1, 0.15) is 96.8 Å². The average Bonchev–Trinajstić information content (AvgIpc) is 2.63. The summed E-state index contributed by atoms with van der Waals surface area (Å²) in [6.45, 7) is 7.27. The van der Waals surface area contributed by atoms with E-state index < -0.39 is 0 Å². The highest BCUT2D eigenvalue weighted by Crippen LogP contribution is 2.32. The topological polar surface area (TPSA) is 32.6 Å². The van der Waals surface area contributed by atoms with Crippen LogP contribution in [0.25, 0.3) is 0 Å². The summed E-state index contributed by atoms with van der Waals surface area (Å²) in [7, 11) is 0. The number of rotatable bonds is 13. The van der Waals surface area contributed by atoms with E-state index in [4.69, 9.17) is 0 Å². The van der Waals surface area contributed by atoms with E-state index >= 15 is 0 Å². The third-order valence-electron chi connectivity index (χ3n) is 6.49. The van der Waals surface area contributed by atoms with Crippen LogP contribution in [0.3, 0.4) is 0 Å². The molecule has 3 aliphatic heterocycles. The molecule has 0 aromatic rings. The number of piperidine rings is 3. The van der Waals surface area contributed by atoms with Crippen molar-refractivity contribution in [2.45, 2.75) is 96.8 Å². The summed E-state index contributed by atoms with van der Waals surface area (Å²) in [5, 5.41) is 12.8. The minimum Gasteiger partial charge on any atom is -0.411 e. The lowest BCUT2D eigenvalue weighted by Gasteiger charge is -2.49. The standard InChI is InChI=1S/C21H40N2O/c1-2-3-4-5-6-7-8-9-10-11-12-13-16-23-17-14-20(15-18-23)21(19-23)22-24/h20H,2-19H2,1H3/p+1/b22-21-. The number of nitrogens with zero attached hydrogens (tertiary/aromatic N) is 2. The van der Waals surface area contributed by atoms with Gasteiger partial charge in [0.15, 0.2) is 0 Å². The van der Waals surface area contributed by atoms with Gasteiger partial charge < -0.3 is 9.69 Å². The van der Waals surface area contributed by atoms with Gasteiger partial charge in [-0.25, -0.2) is 0 Å². The van der Waals surface area contributed by atoms with E-state index in [2.05, 4.69) is 12.1 Å². The van der Waals surface area contributed by atoms with Crippen molar-refractivity contribution in [1.29, 1.82) is 0 Å². The van der Waals surface area contributed by atoms with E-state index in [1.54, 1.807) is 0 Å². The first-order valence-corrected chi connectivity index (χ1v) is 10.9. The molecule has 0 amide bonds. The van der Waals surface area contributed by atoms with Crippen LogP contribution in [-0.4, -0.2) is 41.6 Å². The molecule has 3 nitrogen and oxygen atoms in total. The van der Waals surface area contributed by atoms with Gasteiger partial charge in [-0.3, -0.25) is 0 Å². The Morgan fingerprint density at radius 3 is 1.83 bits per heavy atom. The Hall–Kier alpha value is -0.570. The molecule has 3 saturated heterocycles. The second-order valence-corrected chi connectivity index (χ2v) is 8.43. The quantitative estimate of drug-likeness (QED) is 0.197. The Balaban J connectivity index is 1.43. The molecule has 1 N–H and O–H groups in total. The van der Waals surface area contributed by atoms with Gasteiger partial charge in [0.2, 0.25) is 0 Å². The molecule has 0 atom stereocenters. The van der Waals surface area contributed by atoms with Crippen molar-refractivity contribution in [3.63, 3.8) is 0 Å². The van der Waals surface area contributed by atoms with Gasteiger partial charge in [0.05, 0.1) is 19.6 Å². The van der Waals surface area contributed by atoms with E-state index in [0.29, 0.717) is 5.92 Å². The summed E-state index contributed by atoms with van der Waals surface area (Å²) < 4.78 is 1.22. The zero-order valence-electron chi connectivity index (χ0n) is 16.1. The fraction of sp³-hybridized carbons (Fsp3) is 0.952. The highest BCUT2D eigenvalue weighted by atomic mass is 16.4. The maximum atomic E-state index is 9.18. The van der Waals surface area contributed by atoms with Crippen LogP contribution in [0, 0.1) is 5.92 Å². The van der Waals surface area contributed by atoms with E-state index in [1.807, 2.05) is 0 Å². The number of unbranched alkanes of at least 4 members (excludes halogenated alkanes) is 11. The maximum absolute atomic E-state index is 9.18. The molecule has 140 valence electrons. The third kappa shape index (κ3) is 6.38. The van der Waals surface area contributed by atoms with Crippen molar-refractivity contribution in [2.75, 3.05) is 26.2 Å². The van der Waals surface area contributed by atoms with Crippen molar-refractivity contribution in [1.82, 2.24) is 0 Å². The fourth-order valence-corrected chi connectivity index (χ4v) is 4.78. The lowest BCUT2D eigenvalue weighted by Crippen LogP contribution is -2.62. The van der Waals surface area contributed by atoms with Crippen molar-refractivity contribution in [3.8, 4) is 0 Å². The molecule has 24 heavy (non-hydrogen) atoms. The molecule has 3 aliphatic rings. The Bertz CT molecular complexity index is 359. The molecule has 3 heteroatoms. The van der Waals surface area contributed by atoms with Gasteiger partial charge >= 0.3 is 0 Å². The maximum Gasteiger partial charge on any atom is 0.121 e. The van der Waals surface area contributed by atoms with Gasteiger partial charge in [0.1, 0.15) is 12.3 Å². The minimum absolute atomic E-state index is 0.594. The van der Waals surface area contributed by atoms with Gasteiger partial charge in [-0.1, -0.05) is 76.3 Å². The van der Waals surface area contributed by atoms with Crippen LogP contribution in [0.15, 0.2) is 5.16 Å². The van der Waals surface area contributed by atoms with E-state index in [0.717, 1.165) is 12.3 Å². The van der Waals surface area contributed by atoms with Crippen LogP contribution in [-0.2, 0) is 0 Å². The molecule has 0 aliphatic carbocycles. The highest BCUT2D eigenvalue weighted by Gasteiger charge is 2.43. The lowest BCUT2D eigenvalue weighted by molar-refractivity contribution is -0.930. The second-order valence-electron chi connectivity index (χ2n) is 8.43. The first-order valence-electron chi connectivity index (χ1n) is 10.9. The zero-order valence-corrected chi connectivity index (χ0v) is 16.1. The predicted molar refractivity (Wildman–Crippen MR) is 103 cm³/mol. The van der Waals surface area contributed by atoms with Crippen molar-refractivity contribution in [3.05, 3.63) is 0 Å². The molecule has 0 spiro atoms. The summed E-state index contributed by atoms with van der Waals surface area (Å²) in [4.78, 5) is 0. The molecular weight excluding hydrogens is 296 g/mol. The Labute approximate surface area is 150 Å². The third-order valence-corrected chi connectivity index (χ3v) is 6.49. The van der Waals surface area contributed by atoms with Crippen LogP contribution in [0.4, 0.5) is 0 Å². The number of oxime groups is 1. The van der Waals surface area contributed by atoms with Crippen LogP contribution >= 0.6 is 0 Å². The first-order chi connectivity index (χ1) is 11.8. The zero-order chi connectivity index (χ0) is 17.1. The molecule has 3 heterocycles. The molecule has 0 radical (unpaired) electrons. The first kappa shape index (κ1) is 19.8. The number of quaternary nitrogens is 1. The smallest absolute Gasteiger partial charge is 0.121 e. The fourth-order valence-electron chi connectivity index (χ4n) is 4.78. The molecule has 3 rings (SSSR count). The largest absolute Gasteiger partial charge is 0.411 e. The van der Waals surface area contributed by atoms with Gasteiger partial charge in [0, 0.05) is 18.8 Å². The average molecular weight is 338 g/mol. The summed E-state index contributed by atoms with van der Waals surface area (Å²) in [6, 6.07) is 0. The number of hydrogen-bond acceptors (Lipinski definition) is 2. The van der Waals surface area contributed by atoms with Crippen LogP contribution in [0.5, 0.6) is 0 Å². The lowest BCUT2D eigenvalue weighted by atomic mass is 9.84. The van der Waals surface area contributed by atoms with Gasteiger partial charge in [-0.2, -0.15) is 0 Å². The minimum atomic E-state index is 0.594. The SMILES string of the molecule is CCCCCCCCCCCCCC[N+]12CCC(CC1)/C(=N\O)C2. The molecule has 0 aromatic carbocycles. The molecule has 0 unspecified atom stereocenters. The van der Waals surface area contributed by atoms with E-state index in [1.165, 1.54) is 114 Å². The van der Waals surface area contributed by atoms with Gasteiger partial charge in [0.25, 0.3) is 0 Å². The molecular formula is C21H41N2O+. The number of hydrogen-bond donors (Lipinski definition) is 1. The normalized spacial score (nSPS) is 27.9. The molecule has 3 fully saturated rings. The Morgan fingerprint density at radius 2 is 1.33 bits per heavy atom. The predicted octanol–water partition coefficient (Wildman–Crippen LogP) is 5.76. The van der Waals surface area contributed by atoms with Crippen molar-refractivity contribution < 1.29 is 9.69 Å². The summed E-state index contributed by atoms with van der Waals surface area (Å²) >= 11 is 0.